The Hall–Kier alpha value is -4.88. The Balaban J connectivity index is 1.57. The van der Waals surface area contributed by atoms with Crippen molar-refractivity contribution in [1.82, 2.24) is 15.2 Å². The van der Waals surface area contributed by atoms with Gasteiger partial charge in [0, 0.05) is 50.6 Å². The van der Waals surface area contributed by atoms with Crippen LogP contribution in [0, 0.1) is 11.3 Å². The number of hydrogen-bond donors (Lipinski definition) is 3. The number of benzene rings is 2. The molecule has 4 rings (SSSR count). The number of anilines is 4. The maximum Gasteiger partial charge on any atom is 0.322 e. The van der Waals surface area contributed by atoms with Crippen LogP contribution in [0.4, 0.5) is 27.7 Å². The molecule has 0 unspecified atom stereocenters. The fourth-order valence-electron chi connectivity index (χ4n) is 5.35. The summed E-state index contributed by atoms with van der Waals surface area (Å²) in [7, 11) is 6.03. The van der Waals surface area contributed by atoms with E-state index in [4.69, 9.17) is 5.26 Å². The van der Waals surface area contributed by atoms with Crippen molar-refractivity contribution in [3.63, 3.8) is 0 Å². The number of nitrogens with zero attached hydrogens (tertiary/aromatic N) is 5. The number of likely N-dealkylation sites (N-methyl/N-ethyl adjacent to an activating group) is 2. The van der Waals surface area contributed by atoms with Crippen LogP contribution in [0.5, 0.6) is 0 Å². The molecule has 0 spiro atoms. The van der Waals surface area contributed by atoms with Crippen LogP contribution in [0.1, 0.15) is 36.8 Å². The molecule has 1 aromatic heterocycles. The van der Waals surface area contributed by atoms with Gasteiger partial charge in [-0.2, -0.15) is 5.26 Å². The van der Waals surface area contributed by atoms with Gasteiger partial charge in [-0.3, -0.25) is 9.69 Å². The summed E-state index contributed by atoms with van der Waals surface area (Å²) in [5.41, 5.74) is 3.73. The molecule has 1 fully saturated rings. The van der Waals surface area contributed by atoms with Crippen molar-refractivity contribution in [2.24, 2.45) is 0 Å². The minimum atomic E-state index is -0.313. The molecule has 1 heterocycles. The molecule has 1 aliphatic carbocycles. The van der Waals surface area contributed by atoms with Crippen LogP contribution >= 0.6 is 0 Å². The van der Waals surface area contributed by atoms with E-state index in [9.17, 15) is 9.59 Å². The van der Waals surface area contributed by atoms with Crippen LogP contribution < -0.4 is 25.8 Å². The lowest BCUT2D eigenvalue weighted by Crippen LogP contribution is -2.48. The number of nitriles is 1. The molecule has 0 radical (unpaired) electrons. The first-order chi connectivity index (χ1) is 21.3. The molecular weight excluding hydrogens is 552 g/mol. The molecule has 0 aliphatic heterocycles. The van der Waals surface area contributed by atoms with Gasteiger partial charge in [-0.05, 0) is 81.7 Å². The fourth-order valence-corrected chi connectivity index (χ4v) is 5.35. The summed E-state index contributed by atoms with van der Waals surface area (Å²) in [5.74, 6) is 0.425. The first-order valence-electron chi connectivity index (χ1n) is 14.9. The van der Waals surface area contributed by atoms with Crippen molar-refractivity contribution in [1.29, 1.82) is 5.26 Å². The lowest BCUT2D eigenvalue weighted by atomic mass is 9.89. The van der Waals surface area contributed by atoms with E-state index in [2.05, 4.69) is 43.4 Å². The second-order valence-corrected chi connectivity index (χ2v) is 11.3. The van der Waals surface area contributed by atoms with Crippen LogP contribution in [-0.2, 0) is 11.3 Å². The van der Waals surface area contributed by atoms with Gasteiger partial charge in [0.15, 0.2) is 0 Å². The highest BCUT2D eigenvalue weighted by atomic mass is 16.2. The molecule has 3 N–H and O–H groups in total. The zero-order chi connectivity index (χ0) is 31.5. The van der Waals surface area contributed by atoms with Gasteiger partial charge in [-0.1, -0.05) is 36.9 Å². The number of carbonyl (C=O) groups excluding carboxylic acids is 2. The Morgan fingerprint density at radius 1 is 1.02 bits per heavy atom. The Bertz CT molecular complexity index is 1440. The van der Waals surface area contributed by atoms with E-state index in [1.807, 2.05) is 80.6 Å². The molecule has 0 atom stereocenters. The molecule has 3 aromatic rings. The van der Waals surface area contributed by atoms with E-state index in [-0.39, 0.29) is 24.0 Å². The number of rotatable bonds is 12. The van der Waals surface area contributed by atoms with Gasteiger partial charge in [0.25, 0.3) is 0 Å². The number of urea groups is 1. The predicted molar refractivity (Wildman–Crippen MR) is 177 cm³/mol. The first kappa shape index (κ1) is 32.0. The van der Waals surface area contributed by atoms with E-state index >= 15 is 0 Å². The third-order valence-corrected chi connectivity index (χ3v) is 7.81. The van der Waals surface area contributed by atoms with Crippen molar-refractivity contribution >= 4 is 34.8 Å². The summed E-state index contributed by atoms with van der Waals surface area (Å²) < 4.78 is 0. The molecular formula is C34H42N8O2. The van der Waals surface area contributed by atoms with Crippen LogP contribution in [0.3, 0.4) is 0 Å². The molecule has 3 amide bonds. The molecule has 230 valence electrons. The average Bonchev–Trinajstić information content (AvgIpc) is 3.04. The minimum absolute atomic E-state index is 0.0435. The lowest BCUT2D eigenvalue weighted by Gasteiger charge is -2.37. The van der Waals surface area contributed by atoms with E-state index in [0.29, 0.717) is 23.5 Å². The maximum atomic E-state index is 13.9. The summed E-state index contributed by atoms with van der Waals surface area (Å²) in [6, 6.07) is 21.3. The Morgan fingerprint density at radius 2 is 1.77 bits per heavy atom. The van der Waals surface area contributed by atoms with Gasteiger partial charge in [0.1, 0.15) is 11.9 Å². The Kier molecular flexibility index (Phi) is 11.3. The molecule has 2 aromatic carbocycles. The molecule has 10 heteroatoms. The van der Waals surface area contributed by atoms with Crippen molar-refractivity contribution in [3.8, 4) is 6.07 Å². The smallest absolute Gasteiger partial charge is 0.322 e. The normalized spacial score (nSPS) is 16.0. The van der Waals surface area contributed by atoms with Crippen LogP contribution in [0.15, 0.2) is 79.5 Å². The van der Waals surface area contributed by atoms with Crippen molar-refractivity contribution in [3.05, 3.63) is 90.6 Å². The first-order valence-corrected chi connectivity index (χ1v) is 14.9. The van der Waals surface area contributed by atoms with Crippen molar-refractivity contribution < 1.29 is 9.59 Å². The summed E-state index contributed by atoms with van der Waals surface area (Å²) >= 11 is 0. The second-order valence-electron chi connectivity index (χ2n) is 11.3. The average molecular weight is 595 g/mol. The second kappa shape index (κ2) is 15.5. The summed E-state index contributed by atoms with van der Waals surface area (Å²) in [5, 5.41) is 18.6. The highest BCUT2D eigenvalue weighted by Crippen LogP contribution is 2.34. The van der Waals surface area contributed by atoms with Gasteiger partial charge in [-0.25, -0.2) is 9.78 Å². The van der Waals surface area contributed by atoms with E-state index in [1.165, 1.54) is 6.08 Å². The Labute approximate surface area is 260 Å². The summed E-state index contributed by atoms with van der Waals surface area (Å²) in [6.45, 7) is 5.63. The topological polar surface area (TPSA) is 117 Å². The van der Waals surface area contributed by atoms with E-state index < -0.39 is 0 Å². The number of hydrogen-bond acceptors (Lipinski definition) is 7. The predicted octanol–water partition coefficient (Wildman–Crippen LogP) is 5.22. The SMILES string of the molecule is C=CC(=O)Nc1cc(N(C(=O)NCc2ccccc2)C2CCC(Nc3ccc(C#N)cn3)CC2)ccc1N(C)CCN(C)C. The third kappa shape index (κ3) is 8.82. The minimum Gasteiger partial charge on any atom is -0.372 e. The standard InChI is InChI=1S/C34H42N8O2/c1-5-33(43)39-30-21-29(16-17-31(30)41(4)20-19-40(2)3)42(34(44)37-23-25-9-7-6-8-10-25)28-14-12-27(13-15-28)38-32-18-11-26(22-35)24-36-32/h5-11,16-18,21,24,27-28H,1,12-15,19-20,23H2,2-4H3,(H,36,38)(H,37,44)(H,39,43). The summed E-state index contributed by atoms with van der Waals surface area (Å²) in [6.07, 6.45) is 6.08. The monoisotopic (exact) mass is 594 g/mol. The molecule has 0 saturated heterocycles. The van der Waals surface area contributed by atoms with Gasteiger partial charge in [0.2, 0.25) is 5.91 Å². The van der Waals surface area contributed by atoms with Crippen LogP contribution in [0.2, 0.25) is 0 Å². The fraction of sp³-hybridized carbons (Fsp3) is 0.353. The zero-order valence-corrected chi connectivity index (χ0v) is 25.8. The quantitative estimate of drug-likeness (QED) is 0.246. The molecule has 44 heavy (non-hydrogen) atoms. The molecule has 0 bridgehead atoms. The molecule has 10 nitrogen and oxygen atoms in total. The number of amides is 3. The zero-order valence-electron chi connectivity index (χ0n) is 25.8. The van der Waals surface area contributed by atoms with Gasteiger partial charge in [0.05, 0.1) is 16.9 Å². The third-order valence-electron chi connectivity index (χ3n) is 7.81. The summed E-state index contributed by atoms with van der Waals surface area (Å²) in [4.78, 5) is 36.7. The van der Waals surface area contributed by atoms with Crippen LogP contribution in [0.25, 0.3) is 0 Å². The number of nitrogens with one attached hydrogen (secondary N) is 3. The number of carbonyl (C=O) groups is 2. The highest BCUT2D eigenvalue weighted by Gasteiger charge is 2.31. The van der Waals surface area contributed by atoms with Gasteiger partial charge < -0.3 is 25.8 Å². The maximum absolute atomic E-state index is 13.9. The van der Waals surface area contributed by atoms with Crippen molar-refractivity contribution in [2.45, 2.75) is 44.3 Å². The van der Waals surface area contributed by atoms with Crippen LogP contribution in [-0.4, -0.2) is 68.1 Å². The Morgan fingerprint density at radius 3 is 2.41 bits per heavy atom. The number of pyridine rings is 1. The molecule has 1 aliphatic rings. The van der Waals surface area contributed by atoms with Crippen molar-refractivity contribution in [2.75, 3.05) is 54.7 Å². The highest BCUT2D eigenvalue weighted by molar-refractivity contribution is 6.02. The van der Waals surface area contributed by atoms with E-state index in [1.54, 1.807) is 12.3 Å². The van der Waals surface area contributed by atoms with Gasteiger partial charge in [-0.15, -0.1) is 0 Å². The largest absolute Gasteiger partial charge is 0.372 e. The van der Waals surface area contributed by atoms with E-state index in [0.717, 1.165) is 55.8 Å². The molecule has 1 saturated carbocycles. The van der Waals surface area contributed by atoms with Gasteiger partial charge >= 0.3 is 6.03 Å². The lowest BCUT2D eigenvalue weighted by molar-refractivity contribution is -0.111. The number of aromatic nitrogens is 1.